The molecule has 0 spiro atoms. The van der Waals surface area contributed by atoms with Crippen LogP contribution in [0.25, 0.3) is 0 Å². The van der Waals surface area contributed by atoms with E-state index in [1.807, 2.05) is 32.9 Å². The van der Waals surface area contributed by atoms with Crippen molar-refractivity contribution in [2.45, 2.75) is 45.1 Å². The molecule has 4 nitrogen and oxygen atoms in total. The maximum absolute atomic E-state index is 12.0. The number of hydrogen-bond donors (Lipinski definition) is 1. The molecule has 1 aliphatic heterocycles. The average Bonchev–Trinajstić information content (AvgIpc) is 2.46. The molecule has 1 unspecified atom stereocenters. The minimum absolute atomic E-state index is 0.324. The van der Waals surface area contributed by atoms with Crippen molar-refractivity contribution in [3.63, 3.8) is 0 Å². The summed E-state index contributed by atoms with van der Waals surface area (Å²) in [5.74, 6) is 0.583. The predicted octanol–water partition coefficient (Wildman–Crippen LogP) is 3.52. The van der Waals surface area contributed by atoms with Crippen molar-refractivity contribution >= 4 is 11.8 Å². The first-order chi connectivity index (χ1) is 9.87. The van der Waals surface area contributed by atoms with Gasteiger partial charge >= 0.3 is 6.09 Å². The molecule has 1 saturated heterocycles. The molecule has 1 aromatic rings. The zero-order chi connectivity index (χ0) is 15.5. The molecule has 21 heavy (non-hydrogen) atoms. The van der Waals surface area contributed by atoms with Gasteiger partial charge in [0.1, 0.15) is 5.60 Å². The fourth-order valence-electron chi connectivity index (χ4n) is 2.54. The summed E-state index contributed by atoms with van der Waals surface area (Å²) < 4.78 is 5.38. The second-order valence-corrected chi connectivity index (χ2v) is 6.67. The molecule has 0 bridgehead atoms. The number of nitrogens with zero attached hydrogens (tertiary/aromatic N) is 1. The van der Waals surface area contributed by atoms with E-state index in [2.05, 4.69) is 17.4 Å². The number of carbonyl (C=O) groups is 1. The fourth-order valence-corrected chi connectivity index (χ4v) is 2.54. The average molecular weight is 290 g/mol. The van der Waals surface area contributed by atoms with Crippen LogP contribution in [0.2, 0.25) is 0 Å². The highest BCUT2D eigenvalue weighted by Crippen LogP contribution is 2.25. The van der Waals surface area contributed by atoms with Crippen LogP contribution < -0.4 is 10.2 Å². The SMILES string of the molecule is CN(C(=O)OC(C)(C)C)c1ccc(C2CCCNC2)cc1. The number of carbonyl (C=O) groups excluding carboxylic acids is 1. The summed E-state index contributed by atoms with van der Waals surface area (Å²) >= 11 is 0. The standard InChI is InChI=1S/C17H26N2O2/c1-17(2,3)21-16(20)19(4)15-9-7-13(8-10-15)14-6-5-11-18-12-14/h7-10,14,18H,5-6,11-12H2,1-4H3. The van der Waals surface area contributed by atoms with Crippen molar-refractivity contribution in [1.29, 1.82) is 0 Å². The topological polar surface area (TPSA) is 41.6 Å². The third-order valence-electron chi connectivity index (χ3n) is 3.72. The van der Waals surface area contributed by atoms with Gasteiger partial charge in [0, 0.05) is 19.3 Å². The van der Waals surface area contributed by atoms with Gasteiger partial charge in [-0.1, -0.05) is 12.1 Å². The summed E-state index contributed by atoms with van der Waals surface area (Å²) in [5, 5.41) is 3.43. The van der Waals surface area contributed by atoms with E-state index in [4.69, 9.17) is 4.74 Å². The number of hydrogen-bond acceptors (Lipinski definition) is 3. The largest absolute Gasteiger partial charge is 0.443 e. The van der Waals surface area contributed by atoms with E-state index >= 15 is 0 Å². The van der Waals surface area contributed by atoms with Gasteiger partial charge in [0.2, 0.25) is 0 Å². The van der Waals surface area contributed by atoms with Gasteiger partial charge < -0.3 is 10.1 Å². The lowest BCUT2D eigenvalue weighted by Gasteiger charge is -2.26. The molecule has 1 aliphatic rings. The molecule has 1 atom stereocenters. The normalized spacial score (nSPS) is 19.1. The number of benzene rings is 1. The molecule has 2 rings (SSSR count). The Balaban J connectivity index is 2.02. The molecule has 1 fully saturated rings. The molecule has 1 amide bonds. The molecule has 4 heteroatoms. The third kappa shape index (κ3) is 4.46. The molecular weight excluding hydrogens is 264 g/mol. The van der Waals surface area contributed by atoms with E-state index in [1.54, 1.807) is 11.9 Å². The minimum atomic E-state index is -0.473. The first-order valence-corrected chi connectivity index (χ1v) is 7.64. The zero-order valence-corrected chi connectivity index (χ0v) is 13.5. The van der Waals surface area contributed by atoms with Gasteiger partial charge in [-0.25, -0.2) is 4.79 Å². The lowest BCUT2D eigenvalue weighted by atomic mass is 9.91. The Bertz CT molecular complexity index is 471. The van der Waals surface area contributed by atoms with Crippen LogP contribution in [0.15, 0.2) is 24.3 Å². The van der Waals surface area contributed by atoms with E-state index < -0.39 is 5.60 Å². The van der Waals surface area contributed by atoms with E-state index in [0.29, 0.717) is 5.92 Å². The maximum Gasteiger partial charge on any atom is 0.414 e. The Morgan fingerprint density at radius 2 is 1.95 bits per heavy atom. The molecule has 0 aliphatic carbocycles. The van der Waals surface area contributed by atoms with E-state index in [9.17, 15) is 4.79 Å². The molecule has 0 aromatic heterocycles. The number of ether oxygens (including phenoxy) is 1. The Hall–Kier alpha value is -1.55. The quantitative estimate of drug-likeness (QED) is 0.906. The van der Waals surface area contributed by atoms with Crippen molar-refractivity contribution in [3.8, 4) is 0 Å². The number of rotatable bonds is 2. The number of nitrogens with one attached hydrogen (secondary N) is 1. The molecule has 1 N–H and O–H groups in total. The summed E-state index contributed by atoms with van der Waals surface area (Å²) in [6, 6.07) is 8.23. The van der Waals surface area contributed by atoms with Crippen LogP contribution >= 0.6 is 0 Å². The summed E-state index contributed by atoms with van der Waals surface area (Å²) in [6.07, 6.45) is 2.13. The van der Waals surface area contributed by atoms with Crippen molar-refractivity contribution in [3.05, 3.63) is 29.8 Å². The van der Waals surface area contributed by atoms with Gasteiger partial charge in [-0.05, 0) is 63.8 Å². The van der Waals surface area contributed by atoms with Gasteiger partial charge in [0.25, 0.3) is 0 Å². The summed E-state index contributed by atoms with van der Waals surface area (Å²) in [4.78, 5) is 13.6. The minimum Gasteiger partial charge on any atom is -0.443 e. The van der Waals surface area contributed by atoms with Crippen molar-refractivity contribution < 1.29 is 9.53 Å². The van der Waals surface area contributed by atoms with Gasteiger partial charge in [0.15, 0.2) is 0 Å². The van der Waals surface area contributed by atoms with Gasteiger partial charge in [-0.15, -0.1) is 0 Å². The summed E-state index contributed by atoms with van der Waals surface area (Å²) in [6.45, 7) is 7.78. The van der Waals surface area contributed by atoms with Crippen LogP contribution in [-0.2, 0) is 4.74 Å². The van der Waals surface area contributed by atoms with Crippen LogP contribution in [0.4, 0.5) is 10.5 Å². The van der Waals surface area contributed by atoms with Crippen LogP contribution in [0, 0.1) is 0 Å². The zero-order valence-electron chi connectivity index (χ0n) is 13.5. The highest BCUT2D eigenvalue weighted by Gasteiger charge is 2.21. The van der Waals surface area contributed by atoms with Crippen molar-refractivity contribution in [1.82, 2.24) is 5.32 Å². The molecule has 0 saturated carbocycles. The summed E-state index contributed by atoms with van der Waals surface area (Å²) in [7, 11) is 1.74. The van der Waals surface area contributed by atoms with E-state index in [-0.39, 0.29) is 6.09 Å². The molecule has 116 valence electrons. The van der Waals surface area contributed by atoms with E-state index in [0.717, 1.165) is 18.8 Å². The Kier molecular flexibility index (Phi) is 4.88. The lowest BCUT2D eigenvalue weighted by Crippen LogP contribution is -2.34. The van der Waals surface area contributed by atoms with Gasteiger partial charge in [-0.3, -0.25) is 4.90 Å². The van der Waals surface area contributed by atoms with Crippen molar-refractivity contribution in [2.24, 2.45) is 0 Å². The highest BCUT2D eigenvalue weighted by atomic mass is 16.6. The number of amides is 1. The van der Waals surface area contributed by atoms with Crippen LogP contribution in [0.5, 0.6) is 0 Å². The second kappa shape index (κ2) is 6.48. The fraction of sp³-hybridized carbons (Fsp3) is 0.588. The third-order valence-corrected chi connectivity index (χ3v) is 3.72. The van der Waals surface area contributed by atoms with Crippen LogP contribution in [0.1, 0.15) is 45.1 Å². The van der Waals surface area contributed by atoms with Gasteiger partial charge in [0.05, 0.1) is 0 Å². The first-order valence-electron chi connectivity index (χ1n) is 7.64. The van der Waals surface area contributed by atoms with Crippen LogP contribution in [0.3, 0.4) is 0 Å². The summed E-state index contributed by atoms with van der Waals surface area (Å²) in [5.41, 5.74) is 1.72. The Morgan fingerprint density at radius 3 is 2.48 bits per heavy atom. The molecule has 1 aromatic carbocycles. The van der Waals surface area contributed by atoms with Crippen LogP contribution in [-0.4, -0.2) is 31.8 Å². The number of piperidine rings is 1. The van der Waals surface area contributed by atoms with E-state index in [1.165, 1.54) is 18.4 Å². The monoisotopic (exact) mass is 290 g/mol. The first kappa shape index (κ1) is 15.8. The van der Waals surface area contributed by atoms with Gasteiger partial charge in [-0.2, -0.15) is 0 Å². The smallest absolute Gasteiger partial charge is 0.414 e. The second-order valence-electron chi connectivity index (χ2n) is 6.67. The van der Waals surface area contributed by atoms with Crippen molar-refractivity contribution in [2.75, 3.05) is 25.0 Å². The molecule has 1 heterocycles. The number of anilines is 1. The Morgan fingerprint density at radius 1 is 1.29 bits per heavy atom. The highest BCUT2D eigenvalue weighted by molar-refractivity contribution is 5.87. The molecule has 0 radical (unpaired) electrons. The lowest BCUT2D eigenvalue weighted by molar-refractivity contribution is 0.0589. The maximum atomic E-state index is 12.0. The Labute approximate surface area is 127 Å². The molecular formula is C17H26N2O2. The predicted molar refractivity (Wildman–Crippen MR) is 85.9 cm³/mol.